The van der Waals surface area contributed by atoms with E-state index in [-0.39, 0.29) is 31.5 Å². The first-order valence-electron chi connectivity index (χ1n) is 13.7. The normalized spacial score (nSPS) is 18.4. The fourth-order valence-electron chi connectivity index (χ4n) is 4.90. The summed E-state index contributed by atoms with van der Waals surface area (Å²) in [6, 6.07) is 15.0. The molecule has 1 aromatic heterocycles. The zero-order valence-corrected chi connectivity index (χ0v) is 24.9. The van der Waals surface area contributed by atoms with E-state index < -0.39 is 35.6 Å². The number of carbonyl (C=O) groups is 3. The molecule has 1 saturated heterocycles. The van der Waals surface area contributed by atoms with Gasteiger partial charge in [-0.15, -0.1) is 11.3 Å². The number of rotatable bonds is 8. The van der Waals surface area contributed by atoms with E-state index in [0.717, 1.165) is 27.3 Å². The summed E-state index contributed by atoms with van der Waals surface area (Å²) >= 11 is 1.58. The minimum atomic E-state index is -0.966. The van der Waals surface area contributed by atoms with Crippen LogP contribution < -0.4 is 10.6 Å². The van der Waals surface area contributed by atoms with Crippen molar-refractivity contribution in [1.29, 1.82) is 0 Å². The van der Waals surface area contributed by atoms with E-state index in [4.69, 9.17) is 4.74 Å². The van der Waals surface area contributed by atoms with Crippen LogP contribution in [0.4, 0.5) is 4.79 Å². The lowest BCUT2D eigenvalue weighted by Gasteiger charge is -2.35. The second kappa shape index (κ2) is 12.8. The largest absolute Gasteiger partial charge is 0.445 e. The van der Waals surface area contributed by atoms with Gasteiger partial charge in [0, 0.05) is 13.0 Å². The van der Waals surface area contributed by atoms with Crippen LogP contribution in [0.15, 0.2) is 60.1 Å². The lowest BCUT2D eigenvalue weighted by Crippen LogP contribution is -2.57. The minimum absolute atomic E-state index is 0.00151. The number of benzene rings is 2. The number of hydrogen-bond acceptors (Lipinski definition) is 7. The number of carbonyl (C=O) groups excluding carboxylic acids is 3. The molecule has 0 saturated carbocycles. The number of aliphatic hydroxyl groups is 1. The molecule has 0 aliphatic carbocycles. The van der Waals surface area contributed by atoms with Gasteiger partial charge in [-0.1, -0.05) is 75.4 Å². The average molecular weight is 579 g/mol. The van der Waals surface area contributed by atoms with Gasteiger partial charge in [0.1, 0.15) is 18.7 Å². The fraction of sp³-hybridized carbons (Fsp3) is 0.419. The summed E-state index contributed by atoms with van der Waals surface area (Å²) in [6.07, 6.45) is -1.46. The maximum absolute atomic E-state index is 13.8. The highest BCUT2D eigenvalue weighted by atomic mass is 32.1. The van der Waals surface area contributed by atoms with E-state index >= 15 is 0 Å². The van der Waals surface area contributed by atoms with E-state index in [1.807, 2.05) is 94.7 Å². The molecular formula is C31H38N4O5S. The predicted molar refractivity (Wildman–Crippen MR) is 158 cm³/mol. The van der Waals surface area contributed by atoms with E-state index in [1.54, 1.807) is 11.3 Å². The number of likely N-dealkylation sites (tertiary alicyclic amines) is 1. The molecule has 9 nitrogen and oxygen atoms in total. The molecule has 10 heteroatoms. The van der Waals surface area contributed by atoms with Crippen LogP contribution in [0.25, 0.3) is 10.4 Å². The molecule has 0 spiro atoms. The van der Waals surface area contributed by atoms with Gasteiger partial charge < -0.3 is 25.4 Å². The Morgan fingerprint density at radius 3 is 2.39 bits per heavy atom. The summed E-state index contributed by atoms with van der Waals surface area (Å²) in [4.78, 5) is 46.6. The van der Waals surface area contributed by atoms with Gasteiger partial charge >= 0.3 is 6.09 Å². The summed E-state index contributed by atoms with van der Waals surface area (Å²) in [5, 5.41) is 16.1. The van der Waals surface area contributed by atoms with Gasteiger partial charge in [-0.2, -0.15) is 0 Å². The molecule has 0 bridgehead atoms. The summed E-state index contributed by atoms with van der Waals surface area (Å²) in [6.45, 7) is 9.40. The molecule has 1 fully saturated rings. The number of alkyl carbamates (subject to hydrolysis) is 1. The van der Waals surface area contributed by atoms with Gasteiger partial charge in [-0.05, 0) is 36.0 Å². The Hall–Kier alpha value is -3.76. The molecule has 3 aromatic rings. The van der Waals surface area contributed by atoms with E-state index in [1.165, 1.54) is 4.90 Å². The maximum atomic E-state index is 13.8. The average Bonchev–Trinajstić information content (AvgIpc) is 3.55. The summed E-state index contributed by atoms with van der Waals surface area (Å²) in [5.74, 6) is -0.799. The van der Waals surface area contributed by atoms with Crippen molar-refractivity contribution >= 4 is 29.2 Å². The highest BCUT2D eigenvalue weighted by Crippen LogP contribution is 2.29. The number of nitrogens with zero attached hydrogens (tertiary/aromatic N) is 2. The van der Waals surface area contributed by atoms with Gasteiger partial charge in [0.25, 0.3) is 0 Å². The van der Waals surface area contributed by atoms with Crippen LogP contribution in [0.3, 0.4) is 0 Å². The molecule has 4 rings (SSSR count). The lowest BCUT2D eigenvalue weighted by molar-refractivity contribution is -0.142. The molecule has 3 N–H and O–H groups in total. The van der Waals surface area contributed by atoms with Crippen LogP contribution in [-0.4, -0.2) is 57.6 Å². The van der Waals surface area contributed by atoms with Crippen LogP contribution in [0.2, 0.25) is 0 Å². The second-order valence-corrected chi connectivity index (χ2v) is 12.4. The molecule has 0 unspecified atom stereocenters. The number of β-amino-alcohol motifs (C(OH)–C–C–N with tert-alkyl or cyclic N) is 1. The van der Waals surface area contributed by atoms with Crippen molar-refractivity contribution in [2.24, 2.45) is 5.41 Å². The monoisotopic (exact) mass is 578 g/mol. The van der Waals surface area contributed by atoms with Crippen LogP contribution in [0, 0.1) is 12.3 Å². The SMILES string of the molecule is Cc1ncsc1-c1ccc([C@@H](C)NC(=O)[C@@H]2C[C@@H](O)CN2C(=O)[C@@H](NC(=O)OCc2ccccc2)C(C)(C)C)cc1. The Morgan fingerprint density at radius 2 is 1.78 bits per heavy atom. The first kappa shape index (κ1) is 30.2. The summed E-state index contributed by atoms with van der Waals surface area (Å²) in [5.41, 5.74) is 4.91. The Kier molecular flexibility index (Phi) is 9.45. The molecule has 1 aliphatic rings. The zero-order chi connectivity index (χ0) is 29.7. The van der Waals surface area contributed by atoms with Gasteiger partial charge in [-0.3, -0.25) is 9.59 Å². The maximum Gasteiger partial charge on any atom is 0.408 e. The Balaban J connectivity index is 1.42. The molecule has 0 radical (unpaired) electrons. The molecular weight excluding hydrogens is 540 g/mol. The molecule has 3 amide bonds. The molecule has 1 aliphatic heterocycles. The topological polar surface area (TPSA) is 121 Å². The zero-order valence-electron chi connectivity index (χ0n) is 24.1. The van der Waals surface area contributed by atoms with E-state index in [2.05, 4.69) is 15.6 Å². The summed E-state index contributed by atoms with van der Waals surface area (Å²) < 4.78 is 5.35. The molecule has 41 heavy (non-hydrogen) atoms. The Bertz CT molecular complexity index is 1350. The van der Waals surface area contributed by atoms with Crippen LogP contribution in [-0.2, 0) is 20.9 Å². The minimum Gasteiger partial charge on any atom is -0.445 e. The van der Waals surface area contributed by atoms with Crippen molar-refractivity contribution in [3.63, 3.8) is 0 Å². The molecule has 2 heterocycles. The summed E-state index contributed by atoms with van der Waals surface area (Å²) in [7, 11) is 0. The third kappa shape index (κ3) is 7.51. The second-order valence-electron chi connectivity index (χ2n) is 11.5. The predicted octanol–water partition coefficient (Wildman–Crippen LogP) is 4.60. The lowest BCUT2D eigenvalue weighted by atomic mass is 9.85. The number of thiazole rings is 1. The Labute approximate surface area is 244 Å². The van der Waals surface area contributed by atoms with Crippen molar-refractivity contribution in [2.75, 3.05) is 6.54 Å². The van der Waals surface area contributed by atoms with Crippen molar-refractivity contribution < 1.29 is 24.2 Å². The van der Waals surface area contributed by atoms with Crippen LogP contribution >= 0.6 is 11.3 Å². The van der Waals surface area contributed by atoms with E-state index in [9.17, 15) is 19.5 Å². The molecule has 218 valence electrons. The highest BCUT2D eigenvalue weighted by molar-refractivity contribution is 7.13. The number of aryl methyl sites for hydroxylation is 1. The van der Waals surface area contributed by atoms with Gasteiger partial charge in [0.2, 0.25) is 11.8 Å². The van der Waals surface area contributed by atoms with Crippen LogP contribution in [0.5, 0.6) is 0 Å². The number of hydrogen-bond donors (Lipinski definition) is 3. The van der Waals surface area contributed by atoms with Gasteiger partial charge in [0.05, 0.1) is 28.2 Å². The van der Waals surface area contributed by atoms with Crippen molar-refractivity contribution in [2.45, 2.75) is 71.9 Å². The first-order chi connectivity index (χ1) is 19.4. The number of amides is 3. The van der Waals surface area contributed by atoms with Crippen LogP contribution in [0.1, 0.15) is 57.0 Å². The number of aliphatic hydroxyl groups excluding tert-OH is 1. The van der Waals surface area contributed by atoms with Crippen molar-refractivity contribution in [3.8, 4) is 10.4 Å². The number of aromatic nitrogens is 1. The number of nitrogens with one attached hydrogen (secondary N) is 2. The quantitative estimate of drug-likeness (QED) is 0.359. The fourth-order valence-corrected chi connectivity index (χ4v) is 5.71. The molecule has 2 aromatic carbocycles. The third-order valence-corrected chi connectivity index (χ3v) is 8.21. The number of ether oxygens (including phenoxy) is 1. The smallest absolute Gasteiger partial charge is 0.408 e. The Morgan fingerprint density at radius 1 is 1.10 bits per heavy atom. The molecule has 4 atom stereocenters. The van der Waals surface area contributed by atoms with Gasteiger partial charge in [-0.25, -0.2) is 9.78 Å². The van der Waals surface area contributed by atoms with Crippen molar-refractivity contribution in [1.82, 2.24) is 20.5 Å². The third-order valence-electron chi connectivity index (χ3n) is 7.23. The van der Waals surface area contributed by atoms with Gasteiger partial charge in [0.15, 0.2) is 0 Å². The first-order valence-corrected chi connectivity index (χ1v) is 14.6. The highest BCUT2D eigenvalue weighted by Gasteiger charge is 2.44. The van der Waals surface area contributed by atoms with Crippen molar-refractivity contribution in [3.05, 3.63) is 76.9 Å². The van der Waals surface area contributed by atoms with E-state index in [0.29, 0.717) is 0 Å². The standard InChI is InChI=1S/C31H38N4O5S/c1-19(22-11-13-23(14-12-22)26-20(2)32-18-41-26)33-28(37)25-15-24(36)16-35(25)29(38)27(31(3,4)5)34-30(39)40-17-21-9-7-6-8-10-21/h6-14,18-19,24-25,27,36H,15-17H2,1-5H3,(H,33,37)(H,34,39)/t19-,24-,25+,27-/m1/s1.